The van der Waals surface area contributed by atoms with Gasteiger partial charge in [-0.25, -0.2) is 0 Å². The van der Waals surface area contributed by atoms with Crippen molar-refractivity contribution in [2.75, 3.05) is 0 Å². The number of rotatable bonds is 9. The van der Waals surface area contributed by atoms with Crippen LogP contribution in [-0.2, 0) is 9.53 Å². The number of ether oxygens (including phenoxy) is 1. The van der Waals surface area contributed by atoms with Gasteiger partial charge in [-0.3, -0.25) is 4.79 Å². The molecule has 2 nitrogen and oxygen atoms in total. The number of esters is 1. The second kappa shape index (κ2) is 9.75. The minimum Gasteiger partial charge on any atom is -0.435 e. The lowest BCUT2D eigenvalue weighted by Crippen LogP contribution is -2.05. The molecule has 0 aromatic heterocycles. The normalized spacial score (nSPS) is 12.1. The van der Waals surface area contributed by atoms with Crippen molar-refractivity contribution in [3.05, 3.63) is 12.8 Å². The molecule has 1 unspecified atom stereocenters. The van der Waals surface area contributed by atoms with Crippen LogP contribution < -0.4 is 0 Å². The second-order valence-electron chi connectivity index (χ2n) is 3.97. The van der Waals surface area contributed by atoms with Crippen LogP contribution in [-0.4, -0.2) is 5.97 Å². The Morgan fingerprint density at radius 3 is 2.60 bits per heavy atom. The van der Waals surface area contributed by atoms with Crippen molar-refractivity contribution >= 4 is 5.97 Å². The summed E-state index contributed by atoms with van der Waals surface area (Å²) in [4.78, 5) is 11.1. The van der Waals surface area contributed by atoms with Gasteiger partial charge in [0.15, 0.2) is 0 Å². The first kappa shape index (κ1) is 14.2. The molecule has 0 amide bonds. The number of hydrogen-bond acceptors (Lipinski definition) is 2. The zero-order chi connectivity index (χ0) is 11.5. The summed E-state index contributed by atoms with van der Waals surface area (Å²) in [6.07, 6.45) is 8.93. The van der Waals surface area contributed by atoms with E-state index in [1.165, 1.54) is 31.9 Å². The molecule has 88 valence electrons. The molecule has 0 N–H and O–H groups in total. The topological polar surface area (TPSA) is 26.3 Å². The fraction of sp³-hybridized carbons (Fsp3) is 0.769. The molecule has 0 saturated heterocycles. The minimum absolute atomic E-state index is 0.154. The van der Waals surface area contributed by atoms with E-state index in [1.54, 1.807) is 0 Å². The van der Waals surface area contributed by atoms with Crippen molar-refractivity contribution in [1.82, 2.24) is 0 Å². The fourth-order valence-corrected chi connectivity index (χ4v) is 1.71. The smallest absolute Gasteiger partial charge is 0.310 e. The van der Waals surface area contributed by atoms with Crippen molar-refractivity contribution < 1.29 is 9.53 Å². The Morgan fingerprint density at radius 1 is 1.33 bits per heavy atom. The third-order valence-corrected chi connectivity index (χ3v) is 2.76. The van der Waals surface area contributed by atoms with Crippen molar-refractivity contribution in [3.63, 3.8) is 0 Å². The summed E-state index contributed by atoms with van der Waals surface area (Å²) in [5.41, 5.74) is 0. The molecule has 0 spiro atoms. The first-order valence-corrected chi connectivity index (χ1v) is 6.04. The van der Waals surface area contributed by atoms with Crippen molar-refractivity contribution in [3.8, 4) is 0 Å². The van der Waals surface area contributed by atoms with E-state index in [1.807, 2.05) is 0 Å². The highest BCUT2D eigenvalue weighted by atomic mass is 16.5. The van der Waals surface area contributed by atoms with E-state index < -0.39 is 0 Å². The molecule has 0 saturated carbocycles. The zero-order valence-electron chi connectivity index (χ0n) is 10.1. The molecule has 0 aromatic carbocycles. The Balaban J connectivity index is 3.59. The van der Waals surface area contributed by atoms with E-state index in [0.717, 1.165) is 12.8 Å². The molecular weight excluding hydrogens is 188 g/mol. The molecule has 0 aliphatic rings. The molecule has 0 bridgehead atoms. The minimum atomic E-state index is -0.154. The maximum Gasteiger partial charge on any atom is 0.310 e. The maximum absolute atomic E-state index is 11.1. The van der Waals surface area contributed by atoms with Gasteiger partial charge in [0.1, 0.15) is 0 Å². The lowest BCUT2D eigenvalue weighted by molar-refractivity contribution is -0.138. The third-order valence-electron chi connectivity index (χ3n) is 2.76. The van der Waals surface area contributed by atoms with Gasteiger partial charge in [0.25, 0.3) is 0 Å². The van der Waals surface area contributed by atoms with E-state index in [-0.39, 0.29) is 5.97 Å². The highest BCUT2D eigenvalue weighted by Crippen LogP contribution is 2.19. The van der Waals surface area contributed by atoms with E-state index in [0.29, 0.717) is 12.3 Å². The lowest BCUT2D eigenvalue weighted by Gasteiger charge is -2.13. The Kier molecular flexibility index (Phi) is 9.24. The summed E-state index contributed by atoms with van der Waals surface area (Å²) >= 11 is 0. The second-order valence-corrected chi connectivity index (χ2v) is 3.97. The molecule has 0 heterocycles. The van der Waals surface area contributed by atoms with E-state index >= 15 is 0 Å². The summed E-state index contributed by atoms with van der Waals surface area (Å²) in [7, 11) is 0. The third kappa shape index (κ3) is 8.22. The average molecular weight is 212 g/mol. The molecule has 0 aliphatic heterocycles. The lowest BCUT2D eigenvalue weighted by atomic mass is 9.94. The van der Waals surface area contributed by atoms with Gasteiger partial charge in [-0.15, -0.1) is 0 Å². The summed E-state index contributed by atoms with van der Waals surface area (Å²) in [6.45, 7) is 7.77. The number of carbonyl (C=O) groups is 1. The Hall–Kier alpha value is -0.790. The molecule has 0 aromatic rings. The number of carbonyl (C=O) groups excluding carboxylic acids is 1. The average Bonchev–Trinajstić information content (AvgIpc) is 2.23. The predicted molar refractivity (Wildman–Crippen MR) is 63.4 cm³/mol. The van der Waals surface area contributed by atoms with Gasteiger partial charge >= 0.3 is 5.97 Å². The summed E-state index contributed by atoms with van der Waals surface area (Å²) in [6, 6.07) is 0. The zero-order valence-corrected chi connectivity index (χ0v) is 10.1. The van der Waals surface area contributed by atoms with Crippen LogP contribution in [0, 0.1) is 5.92 Å². The molecular formula is C13H24O2. The van der Waals surface area contributed by atoms with Crippen LogP contribution in [0.2, 0.25) is 0 Å². The van der Waals surface area contributed by atoms with Crippen molar-refractivity contribution in [2.45, 2.75) is 58.8 Å². The fourth-order valence-electron chi connectivity index (χ4n) is 1.71. The summed E-state index contributed by atoms with van der Waals surface area (Å²) in [5, 5.41) is 0. The van der Waals surface area contributed by atoms with Gasteiger partial charge in [0.2, 0.25) is 0 Å². The molecule has 0 fully saturated rings. The van der Waals surface area contributed by atoms with Crippen LogP contribution in [0.5, 0.6) is 0 Å². The first-order valence-electron chi connectivity index (χ1n) is 6.04. The van der Waals surface area contributed by atoms with E-state index in [4.69, 9.17) is 0 Å². The van der Waals surface area contributed by atoms with Gasteiger partial charge in [0, 0.05) is 6.42 Å². The van der Waals surface area contributed by atoms with Gasteiger partial charge in [0.05, 0.1) is 6.26 Å². The maximum atomic E-state index is 11.1. The Morgan fingerprint density at radius 2 is 2.07 bits per heavy atom. The molecule has 1 atom stereocenters. The molecule has 15 heavy (non-hydrogen) atoms. The largest absolute Gasteiger partial charge is 0.435 e. The van der Waals surface area contributed by atoms with Crippen LogP contribution in [0.25, 0.3) is 0 Å². The van der Waals surface area contributed by atoms with Crippen molar-refractivity contribution in [1.29, 1.82) is 0 Å². The van der Waals surface area contributed by atoms with Crippen LogP contribution in [0.3, 0.4) is 0 Å². The summed E-state index contributed by atoms with van der Waals surface area (Å²) < 4.78 is 4.69. The van der Waals surface area contributed by atoms with Gasteiger partial charge in [-0.1, -0.05) is 52.5 Å². The van der Waals surface area contributed by atoms with E-state index in [9.17, 15) is 4.79 Å². The van der Waals surface area contributed by atoms with Gasteiger partial charge in [-0.05, 0) is 12.3 Å². The first-order chi connectivity index (χ1) is 7.24. The quantitative estimate of drug-likeness (QED) is 0.327. The van der Waals surface area contributed by atoms with E-state index in [2.05, 4.69) is 25.2 Å². The Bertz CT molecular complexity index is 175. The monoisotopic (exact) mass is 212 g/mol. The predicted octanol–water partition coefficient (Wildman–Crippen LogP) is 4.06. The van der Waals surface area contributed by atoms with Crippen LogP contribution in [0.1, 0.15) is 58.8 Å². The van der Waals surface area contributed by atoms with Crippen molar-refractivity contribution in [2.24, 2.45) is 5.92 Å². The molecule has 0 aliphatic carbocycles. The van der Waals surface area contributed by atoms with Crippen LogP contribution >= 0.6 is 0 Å². The van der Waals surface area contributed by atoms with Crippen LogP contribution in [0.15, 0.2) is 12.8 Å². The molecule has 0 rings (SSSR count). The van der Waals surface area contributed by atoms with Gasteiger partial charge < -0.3 is 4.74 Å². The SMILES string of the molecule is C=COC(=O)CCC(CC)CCCCC. The number of unbranched alkanes of at least 4 members (excludes halogenated alkanes) is 2. The summed E-state index contributed by atoms with van der Waals surface area (Å²) in [5.74, 6) is 0.521. The molecule has 2 heteroatoms. The van der Waals surface area contributed by atoms with Gasteiger partial charge in [-0.2, -0.15) is 0 Å². The highest BCUT2D eigenvalue weighted by molar-refractivity contribution is 5.69. The standard InChI is InChI=1S/C13H24O2/c1-4-7-8-9-12(5-2)10-11-13(14)15-6-3/h6,12H,3-5,7-11H2,1-2H3. The molecule has 0 radical (unpaired) electrons. The highest BCUT2D eigenvalue weighted by Gasteiger charge is 2.09. The number of hydrogen-bond donors (Lipinski definition) is 0. The Labute approximate surface area is 93.7 Å². The van der Waals surface area contributed by atoms with Crippen LogP contribution in [0.4, 0.5) is 0 Å².